The van der Waals surface area contributed by atoms with E-state index in [0.29, 0.717) is 15.3 Å². The molecule has 0 aliphatic carbocycles. The average Bonchev–Trinajstić information content (AvgIpc) is 2.47. The van der Waals surface area contributed by atoms with E-state index in [1.165, 1.54) is 11.3 Å². The van der Waals surface area contributed by atoms with Gasteiger partial charge in [0.15, 0.2) is 0 Å². The molecule has 6 heteroatoms. The van der Waals surface area contributed by atoms with E-state index < -0.39 is 0 Å². The van der Waals surface area contributed by atoms with Crippen molar-refractivity contribution in [3.63, 3.8) is 0 Å². The highest BCUT2D eigenvalue weighted by molar-refractivity contribution is 7.17. The number of carbonyl (C=O) groups excluding carboxylic acids is 1. The van der Waals surface area contributed by atoms with Crippen LogP contribution in [-0.2, 0) is 0 Å². The minimum atomic E-state index is 0. The molecule has 0 unspecified atom stereocenters. The maximum atomic E-state index is 11.8. The molecular weight excluding hydrogens is 255 g/mol. The summed E-state index contributed by atoms with van der Waals surface area (Å²) in [7, 11) is 1.83. The van der Waals surface area contributed by atoms with Crippen LogP contribution in [0.5, 0.6) is 0 Å². The Morgan fingerprint density at radius 1 is 1.60 bits per heavy atom. The number of amides is 1. The van der Waals surface area contributed by atoms with Crippen LogP contribution in [0.4, 0.5) is 0 Å². The fraction of sp³-hybridized carbons (Fsp3) is 0.444. The van der Waals surface area contributed by atoms with Crippen LogP contribution >= 0.6 is 35.3 Å². The Bertz CT molecular complexity index is 352. The zero-order valence-electron chi connectivity index (χ0n) is 8.20. The van der Waals surface area contributed by atoms with E-state index in [-0.39, 0.29) is 18.3 Å². The largest absolute Gasteiger partial charge is 0.335 e. The SMILES string of the molecule is CN(C(=O)c1ccc(Cl)s1)C1CNC1.Cl. The number of nitrogens with one attached hydrogen (secondary N) is 1. The summed E-state index contributed by atoms with van der Waals surface area (Å²) in [6, 6.07) is 3.87. The second kappa shape index (κ2) is 5.16. The number of halogens is 2. The van der Waals surface area contributed by atoms with Crippen LogP contribution in [0.3, 0.4) is 0 Å². The minimum Gasteiger partial charge on any atom is -0.335 e. The van der Waals surface area contributed by atoms with E-state index in [1.807, 2.05) is 7.05 Å². The third-order valence-corrected chi connectivity index (χ3v) is 3.63. The normalized spacial score (nSPS) is 15.3. The second-order valence-electron chi connectivity index (χ2n) is 3.33. The summed E-state index contributed by atoms with van der Waals surface area (Å²) in [4.78, 5) is 14.3. The van der Waals surface area contributed by atoms with Crippen molar-refractivity contribution in [1.29, 1.82) is 0 Å². The number of hydrogen-bond acceptors (Lipinski definition) is 3. The average molecular weight is 267 g/mol. The molecule has 0 saturated carbocycles. The summed E-state index contributed by atoms with van der Waals surface area (Å²) < 4.78 is 0.661. The van der Waals surface area contributed by atoms with Crippen molar-refractivity contribution in [3.05, 3.63) is 21.3 Å². The van der Waals surface area contributed by atoms with Gasteiger partial charge in [-0.2, -0.15) is 0 Å². The lowest BCUT2D eigenvalue weighted by molar-refractivity contribution is 0.0686. The maximum Gasteiger partial charge on any atom is 0.264 e. The van der Waals surface area contributed by atoms with Gasteiger partial charge in [0.2, 0.25) is 0 Å². The third-order valence-electron chi connectivity index (χ3n) is 2.41. The van der Waals surface area contributed by atoms with Crippen LogP contribution in [0.2, 0.25) is 4.34 Å². The van der Waals surface area contributed by atoms with Gasteiger partial charge in [0.1, 0.15) is 0 Å². The number of likely N-dealkylation sites (N-methyl/N-ethyl adjacent to an activating group) is 1. The molecule has 15 heavy (non-hydrogen) atoms. The minimum absolute atomic E-state index is 0. The molecule has 2 heterocycles. The van der Waals surface area contributed by atoms with Crippen molar-refractivity contribution in [1.82, 2.24) is 10.2 Å². The maximum absolute atomic E-state index is 11.8. The van der Waals surface area contributed by atoms with E-state index >= 15 is 0 Å². The van der Waals surface area contributed by atoms with Crippen LogP contribution in [0.15, 0.2) is 12.1 Å². The van der Waals surface area contributed by atoms with E-state index in [2.05, 4.69) is 5.32 Å². The zero-order chi connectivity index (χ0) is 10.1. The first kappa shape index (κ1) is 12.8. The van der Waals surface area contributed by atoms with Crippen molar-refractivity contribution in [3.8, 4) is 0 Å². The van der Waals surface area contributed by atoms with Crippen LogP contribution in [0.1, 0.15) is 9.67 Å². The first-order chi connectivity index (χ1) is 6.68. The van der Waals surface area contributed by atoms with E-state index in [9.17, 15) is 4.79 Å². The molecule has 0 radical (unpaired) electrons. The van der Waals surface area contributed by atoms with Crippen molar-refractivity contribution in [2.24, 2.45) is 0 Å². The summed E-state index contributed by atoms with van der Waals surface area (Å²) in [6.07, 6.45) is 0. The fourth-order valence-corrected chi connectivity index (χ4v) is 2.34. The first-order valence-electron chi connectivity index (χ1n) is 4.41. The monoisotopic (exact) mass is 266 g/mol. The lowest BCUT2D eigenvalue weighted by Gasteiger charge is -2.35. The van der Waals surface area contributed by atoms with Crippen LogP contribution in [0.25, 0.3) is 0 Å². The third kappa shape index (κ3) is 2.64. The molecule has 1 saturated heterocycles. The molecule has 0 bridgehead atoms. The number of hydrogen-bond donors (Lipinski definition) is 1. The molecule has 1 N–H and O–H groups in total. The summed E-state index contributed by atoms with van der Waals surface area (Å²) >= 11 is 7.10. The lowest BCUT2D eigenvalue weighted by Crippen LogP contribution is -2.57. The fourth-order valence-electron chi connectivity index (χ4n) is 1.32. The van der Waals surface area contributed by atoms with E-state index in [0.717, 1.165) is 13.1 Å². The van der Waals surface area contributed by atoms with Crippen molar-refractivity contribution < 1.29 is 4.79 Å². The van der Waals surface area contributed by atoms with E-state index in [4.69, 9.17) is 11.6 Å². The number of rotatable bonds is 2. The highest BCUT2D eigenvalue weighted by atomic mass is 35.5. The molecule has 84 valence electrons. The quantitative estimate of drug-likeness (QED) is 0.887. The molecule has 1 aromatic heterocycles. The van der Waals surface area contributed by atoms with E-state index in [1.54, 1.807) is 17.0 Å². The number of nitrogens with zero attached hydrogens (tertiary/aromatic N) is 1. The topological polar surface area (TPSA) is 32.3 Å². The van der Waals surface area contributed by atoms with Gasteiger partial charge in [-0.05, 0) is 12.1 Å². The Morgan fingerprint density at radius 3 is 2.67 bits per heavy atom. The Morgan fingerprint density at radius 2 is 2.27 bits per heavy atom. The van der Waals surface area contributed by atoms with Gasteiger partial charge in [-0.1, -0.05) is 11.6 Å². The molecule has 0 aromatic carbocycles. The van der Waals surface area contributed by atoms with Gasteiger partial charge in [0.05, 0.1) is 15.3 Å². The Balaban J connectivity index is 0.00000112. The van der Waals surface area contributed by atoms with Gasteiger partial charge in [0.25, 0.3) is 5.91 Å². The van der Waals surface area contributed by atoms with Gasteiger partial charge in [-0.15, -0.1) is 23.7 Å². The predicted octanol–water partition coefficient (Wildman–Crippen LogP) is 1.87. The zero-order valence-corrected chi connectivity index (χ0v) is 10.6. The van der Waals surface area contributed by atoms with Crippen molar-refractivity contribution >= 4 is 41.3 Å². The van der Waals surface area contributed by atoms with Crippen molar-refractivity contribution in [2.45, 2.75) is 6.04 Å². The molecule has 1 aliphatic rings. The standard InChI is InChI=1S/C9H11ClN2OS.ClH/c1-12(6-4-11-5-6)9(13)7-2-3-8(10)14-7;/h2-3,6,11H,4-5H2,1H3;1H. The number of carbonyl (C=O) groups is 1. The molecule has 2 rings (SSSR count). The highest BCUT2D eigenvalue weighted by Gasteiger charge is 2.26. The Hall–Kier alpha value is -0.290. The first-order valence-corrected chi connectivity index (χ1v) is 5.61. The number of thiophene rings is 1. The smallest absolute Gasteiger partial charge is 0.264 e. The molecular formula is C9H12Cl2N2OS. The predicted molar refractivity (Wildman–Crippen MR) is 65.3 cm³/mol. The lowest BCUT2D eigenvalue weighted by atomic mass is 10.1. The summed E-state index contributed by atoms with van der Waals surface area (Å²) in [5.74, 6) is 0.0633. The van der Waals surface area contributed by atoms with Crippen molar-refractivity contribution in [2.75, 3.05) is 20.1 Å². The van der Waals surface area contributed by atoms with Crippen LogP contribution < -0.4 is 5.32 Å². The summed E-state index contributed by atoms with van der Waals surface area (Å²) in [6.45, 7) is 1.78. The molecule has 1 aromatic rings. The molecule has 0 atom stereocenters. The molecule has 1 aliphatic heterocycles. The van der Waals surface area contributed by atoms with Crippen LogP contribution in [0, 0.1) is 0 Å². The molecule has 0 spiro atoms. The van der Waals surface area contributed by atoms with Gasteiger partial charge in [-0.25, -0.2) is 0 Å². The molecule has 1 amide bonds. The second-order valence-corrected chi connectivity index (χ2v) is 5.05. The summed E-state index contributed by atoms with van der Waals surface area (Å²) in [5.41, 5.74) is 0. The van der Waals surface area contributed by atoms with Gasteiger partial charge in [0, 0.05) is 20.1 Å². The Kier molecular flexibility index (Phi) is 4.40. The van der Waals surface area contributed by atoms with Gasteiger partial charge >= 0.3 is 0 Å². The molecule has 1 fully saturated rings. The Labute approximate surface area is 104 Å². The van der Waals surface area contributed by atoms with Gasteiger partial charge < -0.3 is 10.2 Å². The van der Waals surface area contributed by atoms with Gasteiger partial charge in [-0.3, -0.25) is 4.79 Å². The highest BCUT2D eigenvalue weighted by Crippen LogP contribution is 2.23. The summed E-state index contributed by atoms with van der Waals surface area (Å²) in [5, 5.41) is 3.14. The van der Waals surface area contributed by atoms with Crippen LogP contribution in [-0.4, -0.2) is 37.0 Å². The molecule has 3 nitrogen and oxygen atoms in total.